The second-order valence-electron chi connectivity index (χ2n) is 8.37. The summed E-state index contributed by atoms with van der Waals surface area (Å²) in [5, 5.41) is 0.792. The number of halogens is 1. The fraction of sp³-hybridized carbons (Fsp3) is 0.320. The molecular formula is C25H25ClN4O. The first kappa shape index (κ1) is 20.0. The highest BCUT2D eigenvalue weighted by atomic mass is 35.5. The van der Waals surface area contributed by atoms with Gasteiger partial charge in [-0.1, -0.05) is 23.7 Å². The monoisotopic (exact) mass is 432 g/mol. The molecule has 0 radical (unpaired) electrons. The zero-order valence-corrected chi connectivity index (χ0v) is 18.1. The van der Waals surface area contributed by atoms with Crippen molar-refractivity contribution in [3.05, 3.63) is 88.2 Å². The maximum Gasteiger partial charge on any atom is 0.246 e. The summed E-state index contributed by atoms with van der Waals surface area (Å²) in [5.41, 5.74) is 6.05. The predicted octanol–water partition coefficient (Wildman–Crippen LogP) is 4.64. The van der Waals surface area contributed by atoms with Crippen LogP contribution < -0.4 is 0 Å². The minimum absolute atomic E-state index is 0.0552. The van der Waals surface area contributed by atoms with Crippen LogP contribution in [0.1, 0.15) is 46.8 Å². The number of fused-ring (bicyclic) bond motifs is 2. The number of hydrogen-bond acceptors (Lipinski definition) is 3. The van der Waals surface area contributed by atoms with E-state index in [1.54, 1.807) is 24.7 Å². The number of imidazole rings is 1. The number of aromatic nitrogens is 3. The van der Waals surface area contributed by atoms with E-state index in [0.29, 0.717) is 5.92 Å². The van der Waals surface area contributed by atoms with Gasteiger partial charge >= 0.3 is 0 Å². The van der Waals surface area contributed by atoms with E-state index in [4.69, 9.17) is 16.6 Å². The molecule has 2 aliphatic rings. The van der Waals surface area contributed by atoms with Crippen molar-refractivity contribution in [1.29, 1.82) is 0 Å². The number of nitrogens with one attached hydrogen (secondary N) is 1. The van der Waals surface area contributed by atoms with Gasteiger partial charge in [0.05, 0.1) is 23.9 Å². The van der Waals surface area contributed by atoms with Gasteiger partial charge < -0.3 is 9.88 Å². The highest BCUT2D eigenvalue weighted by molar-refractivity contribution is 6.30. The number of rotatable bonds is 3. The lowest BCUT2D eigenvalue weighted by atomic mass is 9.76. The highest BCUT2D eigenvalue weighted by Gasteiger charge is 2.34. The topological polar surface area (TPSA) is 61.9 Å². The van der Waals surface area contributed by atoms with Gasteiger partial charge in [-0.2, -0.15) is 0 Å². The fourth-order valence-corrected chi connectivity index (χ4v) is 5.20. The summed E-state index contributed by atoms with van der Waals surface area (Å²) >= 11 is 6.32. The van der Waals surface area contributed by atoms with E-state index in [0.717, 1.165) is 49.5 Å². The van der Waals surface area contributed by atoms with Gasteiger partial charge in [-0.3, -0.25) is 9.78 Å². The third-order valence-electron chi connectivity index (χ3n) is 6.57. The van der Waals surface area contributed by atoms with Crippen LogP contribution in [0.4, 0.5) is 0 Å². The van der Waals surface area contributed by atoms with Crippen molar-refractivity contribution >= 4 is 23.6 Å². The smallest absolute Gasteiger partial charge is 0.246 e. The summed E-state index contributed by atoms with van der Waals surface area (Å²) in [4.78, 5) is 26.4. The number of aromatic amines is 1. The van der Waals surface area contributed by atoms with Crippen LogP contribution in [0.25, 0.3) is 6.08 Å². The van der Waals surface area contributed by atoms with Crippen molar-refractivity contribution in [1.82, 2.24) is 19.9 Å². The van der Waals surface area contributed by atoms with Crippen LogP contribution in [-0.4, -0.2) is 38.8 Å². The maximum absolute atomic E-state index is 12.6. The van der Waals surface area contributed by atoms with E-state index < -0.39 is 0 Å². The van der Waals surface area contributed by atoms with Crippen LogP contribution in [0, 0.1) is 5.92 Å². The number of H-pyrrole nitrogens is 1. The number of aryl methyl sites for hydroxylation is 2. The molecule has 1 unspecified atom stereocenters. The molecule has 31 heavy (non-hydrogen) atoms. The third-order valence-corrected chi connectivity index (χ3v) is 6.81. The molecular weight excluding hydrogens is 408 g/mol. The van der Waals surface area contributed by atoms with Gasteiger partial charge in [0.15, 0.2) is 0 Å². The van der Waals surface area contributed by atoms with E-state index >= 15 is 0 Å². The van der Waals surface area contributed by atoms with Crippen molar-refractivity contribution < 1.29 is 4.79 Å². The lowest BCUT2D eigenvalue weighted by Crippen LogP contribution is -2.39. The van der Waals surface area contributed by atoms with Gasteiger partial charge in [-0.25, -0.2) is 4.98 Å². The summed E-state index contributed by atoms with van der Waals surface area (Å²) in [6, 6.07) is 10.6. The summed E-state index contributed by atoms with van der Waals surface area (Å²) in [6.07, 6.45) is 12.5. The van der Waals surface area contributed by atoms with E-state index in [-0.39, 0.29) is 11.8 Å². The Morgan fingerprint density at radius 2 is 2.00 bits per heavy atom. The molecule has 158 valence electrons. The number of pyridine rings is 1. The first-order chi connectivity index (χ1) is 15.2. The molecule has 1 saturated heterocycles. The van der Waals surface area contributed by atoms with E-state index in [9.17, 15) is 4.79 Å². The van der Waals surface area contributed by atoms with Gasteiger partial charge in [0.2, 0.25) is 5.91 Å². The van der Waals surface area contributed by atoms with Gasteiger partial charge in [-0.15, -0.1) is 0 Å². The molecule has 0 spiro atoms. The molecule has 3 aromatic rings. The zero-order chi connectivity index (χ0) is 21.2. The molecule has 1 amide bonds. The first-order valence-corrected chi connectivity index (χ1v) is 11.2. The molecule has 1 N–H and O–H groups in total. The van der Waals surface area contributed by atoms with Crippen LogP contribution >= 0.6 is 11.6 Å². The summed E-state index contributed by atoms with van der Waals surface area (Å²) in [5.74, 6) is 0.760. The number of benzene rings is 1. The minimum Gasteiger partial charge on any atom is -0.345 e. The Bertz CT molecular complexity index is 1100. The number of nitrogens with zero attached hydrogens (tertiary/aromatic N) is 3. The molecule has 6 heteroatoms. The van der Waals surface area contributed by atoms with E-state index in [1.807, 2.05) is 23.2 Å². The second-order valence-corrected chi connectivity index (χ2v) is 8.81. The van der Waals surface area contributed by atoms with Gasteiger partial charge in [0.25, 0.3) is 0 Å². The highest BCUT2D eigenvalue weighted by Crippen LogP contribution is 2.42. The minimum atomic E-state index is 0.0552. The van der Waals surface area contributed by atoms with Crippen molar-refractivity contribution in [2.75, 3.05) is 13.1 Å². The third kappa shape index (κ3) is 4.15. The van der Waals surface area contributed by atoms with Crippen molar-refractivity contribution in [2.45, 2.75) is 31.6 Å². The quantitative estimate of drug-likeness (QED) is 0.613. The Morgan fingerprint density at radius 3 is 2.81 bits per heavy atom. The van der Waals surface area contributed by atoms with Crippen molar-refractivity contribution in [2.24, 2.45) is 5.92 Å². The number of piperidine rings is 1. The van der Waals surface area contributed by atoms with Crippen molar-refractivity contribution in [3.63, 3.8) is 0 Å². The van der Waals surface area contributed by atoms with Gasteiger partial charge in [0, 0.05) is 36.3 Å². The summed E-state index contributed by atoms with van der Waals surface area (Å²) < 4.78 is 0. The standard InChI is InChI=1S/C25H25ClN4O/c26-20-5-7-22-19(14-20)4-3-18-2-1-11-28-25(18)24(22)17-9-12-30(13-10-17)23(31)8-6-21-15-27-16-29-21/h1-2,5-8,11,14-17,24H,3-4,9-10,12-13H2,(H,27,29)/b8-6+. The van der Waals surface area contributed by atoms with Crippen LogP contribution in [0.2, 0.25) is 5.02 Å². The zero-order valence-electron chi connectivity index (χ0n) is 17.3. The molecule has 1 aliphatic carbocycles. The second kappa shape index (κ2) is 8.67. The number of carbonyl (C=O) groups excluding carboxylic acids is 1. The van der Waals surface area contributed by atoms with Gasteiger partial charge in [0.1, 0.15) is 0 Å². The Hall–Kier alpha value is -2.92. The molecule has 5 nitrogen and oxygen atoms in total. The van der Waals surface area contributed by atoms with Crippen LogP contribution in [-0.2, 0) is 17.6 Å². The Balaban J connectivity index is 1.37. The Kier molecular flexibility index (Phi) is 5.60. The summed E-state index contributed by atoms with van der Waals surface area (Å²) in [6.45, 7) is 1.52. The molecule has 1 aliphatic heterocycles. The molecule has 0 bridgehead atoms. The average molecular weight is 433 g/mol. The number of carbonyl (C=O) groups is 1. The molecule has 1 atom stereocenters. The predicted molar refractivity (Wildman–Crippen MR) is 122 cm³/mol. The number of hydrogen-bond donors (Lipinski definition) is 1. The Morgan fingerprint density at radius 1 is 1.16 bits per heavy atom. The van der Waals surface area contributed by atoms with Gasteiger partial charge in [-0.05, 0) is 72.6 Å². The molecule has 3 heterocycles. The van der Waals surface area contributed by atoms with E-state index in [1.165, 1.54) is 22.4 Å². The molecule has 1 fully saturated rings. The number of likely N-dealkylation sites (tertiary alicyclic amines) is 1. The average Bonchev–Trinajstić information content (AvgIpc) is 3.26. The molecule has 1 aromatic carbocycles. The molecule has 5 rings (SSSR count). The molecule has 2 aromatic heterocycles. The summed E-state index contributed by atoms with van der Waals surface area (Å²) in [7, 11) is 0. The first-order valence-electron chi connectivity index (χ1n) is 10.9. The Labute approximate surface area is 187 Å². The van der Waals surface area contributed by atoms with E-state index in [2.05, 4.69) is 28.2 Å². The van der Waals surface area contributed by atoms with Crippen LogP contribution in [0.3, 0.4) is 0 Å². The number of amides is 1. The van der Waals surface area contributed by atoms with Crippen LogP contribution in [0.5, 0.6) is 0 Å². The fourth-order valence-electron chi connectivity index (χ4n) is 5.01. The van der Waals surface area contributed by atoms with Crippen molar-refractivity contribution in [3.8, 4) is 0 Å². The molecule has 0 saturated carbocycles. The maximum atomic E-state index is 12.6. The lowest BCUT2D eigenvalue weighted by molar-refractivity contribution is -0.127. The largest absolute Gasteiger partial charge is 0.345 e. The SMILES string of the molecule is O=C(/C=C/c1cnc[nH]1)N1CCC(C2c3ccc(Cl)cc3CCc3cccnc32)CC1. The van der Waals surface area contributed by atoms with Crippen LogP contribution in [0.15, 0.2) is 55.1 Å². The normalized spacial score (nSPS) is 19.1. The lowest BCUT2D eigenvalue weighted by Gasteiger charge is -2.36.